The largest absolute Gasteiger partial charge is 0.391 e. The topological polar surface area (TPSA) is 58.0 Å². The Morgan fingerprint density at radius 3 is 3.00 bits per heavy atom. The van der Waals surface area contributed by atoms with E-state index in [-0.39, 0.29) is 6.10 Å². The fourth-order valence-corrected chi connectivity index (χ4v) is 1.81. The summed E-state index contributed by atoms with van der Waals surface area (Å²) in [6.45, 7) is 2.61. The van der Waals surface area contributed by atoms with Crippen LogP contribution in [0.25, 0.3) is 10.9 Å². The molecule has 0 amide bonds. The maximum absolute atomic E-state index is 9.68. The van der Waals surface area contributed by atoms with Crippen LogP contribution in [-0.2, 0) is 0 Å². The number of anilines is 1. The smallest absolute Gasteiger partial charge is 0.0950 e. The lowest BCUT2D eigenvalue weighted by molar-refractivity contribution is 0.176. The minimum Gasteiger partial charge on any atom is -0.391 e. The van der Waals surface area contributed by atoms with Crippen LogP contribution in [-0.4, -0.2) is 28.0 Å². The number of aliphatic hydroxyl groups is 1. The molecule has 0 radical (unpaired) electrons. The van der Waals surface area contributed by atoms with Gasteiger partial charge in [-0.2, -0.15) is 10.2 Å². The van der Waals surface area contributed by atoms with E-state index in [0.717, 1.165) is 29.4 Å². The molecule has 4 heteroatoms. The van der Waals surface area contributed by atoms with E-state index in [4.69, 9.17) is 0 Å². The zero-order valence-electron chi connectivity index (χ0n) is 9.93. The highest BCUT2D eigenvalue weighted by Crippen LogP contribution is 2.19. The van der Waals surface area contributed by atoms with Gasteiger partial charge in [0.25, 0.3) is 0 Å². The fraction of sp³-hybridized carbons (Fsp3) is 0.385. The predicted molar refractivity (Wildman–Crippen MR) is 68.9 cm³/mol. The number of fused-ring (bicyclic) bond motifs is 1. The van der Waals surface area contributed by atoms with Gasteiger partial charge in [-0.15, -0.1) is 0 Å². The van der Waals surface area contributed by atoms with Crippen molar-refractivity contribution in [3.05, 3.63) is 30.5 Å². The maximum atomic E-state index is 9.68. The molecule has 0 saturated carbocycles. The van der Waals surface area contributed by atoms with Crippen LogP contribution < -0.4 is 5.32 Å². The van der Waals surface area contributed by atoms with Crippen LogP contribution in [0.15, 0.2) is 30.5 Å². The van der Waals surface area contributed by atoms with E-state index in [2.05, 4.69) is 22.4 Å². The molecular weight excluding hydrogens is 214 g/mol. The highest BCUT2D eigenvalue weighted by molar-refractivity contribution is 5.90. The zero-order valence-corrected chi connectivity index (χ0v) is 9.93. The summed E-state index contributed by atoms with van der Waals surface area (Å²) >= 11 is 0. The van der Waals surface area contributed by atoms with Gasteiger partial charge in [-0.05, 0) is 12.5 Å². The Hall–Kier alpha value is -1.68. The van der Waals surface area contributed by atoms with E-state index in [1.807, 2.05) is 24.3 Å². The average molecular weight is 231 g/mol. The maximum Gasteiger partial charge on any atom is 0.0950 e. The van der Waals surface area contributed by atoms with Crippen molar-refractivity contribution < 1.29 is 5.11 Å². The molecule has 2 aromatic rings. The van der Waals surface area contributed by atoms with Gasteiger partial charge in [0.15, 0.2) is 0 Å². The Balaban J connectivity index is 2.13. The first-order valence-electron chi connectivity index (χ1n) is 5.93. The number of benzene rings is 1. The molecule has 90 valence electrons. The second kappa shape index (κ2) is 5.59. The summed E-state index contributed by atoms with van der Waals surface area (Å²) in [4.78, 5) is 0. The van der Waals surface area contributed by atoms with Gasteiger partial charge in [0, 0.05) is 11.9 Å². The summed E-state index contributed by atoms with van der Waals surface area (Å²) in [5.74, 6) is 0. The second-order valence-corrected chi connectivity index (χ2v) is 4.10. The second-order valence-electron chi connectivity index (χ2n) is 4.10. The molecule has 0 aliphatic rings. The summed E-state index contributed by atoms with van der Waals surface area (Å²) in [7, 11) is 0. The zero-order chi connectivity index (χ0) is 12.1. The lowest BCUT2D eigenvalue weighted by atomic mass is 10.2. The van der Waals surface area contributed by atoms with Gasteiger partial charge in [0.2, 0.25) is 0 Å². The SMILES string of the molecule is CCCC(O)CNc1cnnc2ccccc12. The van der Waals surface area contributed by atoms with E-state index in [1.54, 1.807) is 6.20 Å². The Morgan fingerprint density at radius 1 is 1.35 bits per heavy atom. The van der Waals surface area contributed by atoms with E-state index in [1.165, 1.54) is 0 Å². The third-order valence-electron chi connectivity index (χ3n) is 2.70. The normalized spacial score (nSPS) is 12.6. The van der Waals surface area contributed by atoms with Gasteiger partial charge >= 0.3 is 0 Å². The number of rotatable bonds is 5. The average Bonchev–Trinajstić information content (AvgIpc) is 2.36. The van der Waals surface area contributed by atoms with Crippen molar-refractivity contribution in [2.45, 2.75) is 25.9 Å². The molecule has 4 nitrogen and oxygen atoms in total. The lowest BCUT2D eigenvalue weighted by Crippen LogP contribution is -2.19. The van der Waals surface area contributed by atoms with Crippen LogP contribution in [0.4, 0.5) is 5.69 Å². The van der Waals surface area contributed by atoms with Gasteiger partial charge in [-0.1, -0.05) is 31.5 Å². The van der Waals surface area contributed by atoms with Crippen LogP contribution in [0.2, 0.25) is 0 Å². The molecule has 1 unspecified atom stereocenters. The molecule has 2 rings (SSSR count). The molecule has 1 aromatic carbocycles. The first-order valence-corrected chi connectivity index (χ1v) is 5.93. The minimum atomic E-state index is -0.313. The van der Waals surface area contributed by atoms with Crippen LogP contribution >= 0.6 is 0 Å². The Kier molecular flexibility index (Phi) is 3.88. The quantitative estimate of drug-likeness (QED) is 0.828. The number of nitrogens with zero attached hydrogens (tertiary/aromatic N) is 2. The van der Waals surface area contributed by atoms with E-state index in [0.29, 0.717) is 6.54 Å². The van der Waals surface area contributed by atoms with Gasteiger partial charge in [-0.25, -0.2) is 0 Å². The number of hydrogen-bond donors (Lipinski definition) is 2. The standard InChI is InChI=1S/C13H17N3O/c1-2-5-10(17)8-14-13-9-15-16-12-7-4-3-6-11(12)13/h3-4,6-7,9-10,17H,2,5,8H2,1H3,(H,14,16). The fourth-order valence-electron chi connectivity index (χ4n) is 1.81. The third kappa shape index (κ3) is 2.91. The van der Waals surface area contributed by atoms with E-state index >= 15 is 0 Å². The number of aliphatic hydroxyl groups excluding tert-OH is 1. The van der Waals surface area contributed by atoms with Crippen molar-refractivity contribution in [3.8, 4) is 0 Å². The summed E-state index contributed by atoms with van der Waals surface area (Å²) < 4.78 is 0. The first kappa shape index (κ1) is 11.8. The Labute approximate surface area is 101 Å². The molecule has 0 aliphatic heterocycles. The van der Waals surface area contributed by atoms with Crippen LogP contribution in [0.1, 0.15) is 19.8 Å². The van der Waals surface area contributed by atoms with Crippen LogP contribution in [0.5, 0.6) is 0 Å². The number of aromatic nitrogens is 2. The van der Waals surface area contributed by atoms with Crippen molar-refractivity contribution >= 4 is 16.6 Å². The van der Waals surface area contributed by atoms with Gasteiger partial charge in [0.1, 0.15) is 0 Å². The monoisotopic (exact) mass is 231 g/mol. The summed E-state index contributed by atoms with van der Waals surface area (Å²) in [6.07, 6.45) is 3.18. The predicted octanol–water partition coefficient (Wildman–Crippen LogP) is 2.20. The van der Waals surface area contributed by atoms with Gasteiger partial charge < -0.3 is 10.4 Å². The van der Waals surface area contributed by atoms with Crippen LogP contribution in [0, 0.1) is 0 Å². The first-order chi connectivity index (χ1) is 8.31. The van der Waals surface area contributed by atoms with Crippen molar-refractivity contribution in [1.82, 2.24) is 10.2 Å². The summed E-state index contributed by atoms with van der Waals surface area (Å²) in [5, 5.41) is 21.9. The summed E-state index contributed by atoms with van der Waals surface area (Å²) in [5.41, 5.74) is 1.79. The number of hydrogen-bond acceptors (Lipinski definition) is 4. The molecule has 0 fully saturated rings. The summed E-state index contributed by atoms with van der Waals surface area (Å²) in [6, 6.07) is 7.83. The molecule has 0 spiro atoms. The Morgan fingerprint density at radius 2 is 2.18 bits per heavy atom. The van der Waals surface area contributed by atoms with Gasteiger partial charge in [-0.3, -0.25) is 0 Å². The Bertz CT molecular complexity index is 482. The molecular formula is C13H17N3O. The van der Waals surface area contributed by atoms with E-state index < -0.39 is 0 Å². The highest BCUT2D eigenvalue weighted by atomic mass is 16.3. The molecule has 1 aromatic heterocycles. The van der Waals surface area contributed by atoms with Crippen molar-refractivity contribution in [3.63, 3.8) is 0 Å². The van der Waals surface area contributed by atoms with Crippen molar-refractivity contribution in [2.75, 3.05) is 11.9 Å². The van der Waals surface area contributed by atoms with E-state index in [9.17, 15) is 5.11 Å². The molecule has 0 aliphatic carbocycles. The lowest BCUT2D eigenvalue weighted by Gasteiger charge is -2.12. The highest BCUT2D eigenvalue weighted by Gasteiger charge is 2.05. The molecule has 1 heterocycles. The molecule has 0 saturated heterocycles. The number of nitrogens with one attached hydrogen (secondary N) is 1. The molecule has 2 N–H and O–H groups in total. The molecule has 0 bridgehead atoms. The molecule has 1 atom stereocenters. The van der Waals surface area contributed by atoms with Crippen molar-refractivity contribution in [1.29, 1.82) is 0 Å². The molecule has 17 heavy (non-hydrogen) atoms. The van der Waals surface area contributed by atoms with Gasteiger partial charge in [0.05, 0.1) is 23.5 Å². The van der Waals surface area contributed by atoms with Crippen molar-refractivity contribution in [2.24, 2.45) is 0 Å². The minimum absolute atomic E-state index is 0.313. The third-order valence-corrected chi connectivity index (χ3v) is 2.70. The van der Waals surface area contributed by atoms with Crippen LogP contribution in [0.3, 0.4) is 0 Å².